The Balaban J connectivity index is 1.21. The number of carbonyl (C=O) groups is 2. The van der Waals surface area contributed by atoms with Crippen molar-refractivity contribution in [3.63, 3.8) is 0 Å². The molecular formula is C34H36F2O8. The highest BCUT2D eigenvalue weighted by Gasteiger charge is 2.80. The molecule has 1 aromatic heterocycles. The second-order valence-corrected chi connectivity index (χ2v) is 13.5. The van der Waals surface area contributed by atoms with Gasteiger partial charge in [0.15, 0.2) is 28.6 Å². The van der Waals surface area contributed by atoms with Crippen LogP contribution in [0.5, 0.6) is 0 Å². The van der Waals surface area contributed by atoms with Crippen molar-refractivity contribution in [2.75, 3.05) is 6.61 Å². The van der Waals surface area contributed by atoms with Crippen LogP contribution in [0.25, 0.3) is 0 Å². The molecule has 0 bridgehead atoms. The lowest BCUT2D eigenvalue weighted by molar-refractivity contribution is -0.236. The normalized spacial score (nSPS) is 42.3. The zero-order valence-electron chi connectivity index (χ0n) is 24.5. The number of hydrogen-bond acceptors (Lipinski definition) is 8. The maximum atomic E-state index is 17.5. The van der Waals surface area contributed by atoms with Gasteiger partial charge in [0.2, 0.25) is 6.29 Å². The smallest absolute Gasteiger partial charge is 0.218 e. The molecule has 0 spiro atoms. The molecule has 0 radical (unpaired) electrons. The van der Waals surface area contributed by atoms with Crippen molar-refractivity contribution in [3.8, 4) is 0 Å². The minimum absolute atomic E-state index is 0.0243. The van der Waals surface area contributed by atoms with Gasteiger partial charge in [0.1, 0.15) is 12.8 Å². The minimum atomic E-state index is -2.31. The summed E-state index contributed by atoms with van der Waals surface area (Å²) in [6.07, 6.45) is 0.307. The zero-order valence-corrected chi connectivity index (χ0v) is 24.5. The Morgan fingerprint density at radius 3 is 2.50 bits per heavy atom. The first-order chi connectivity index (χ1) is 20.9. The van der Waals surface area contributed by atoms with E-state index in [0.29, 0.717) is 12.2 Å². The molecule has 2 heterocycles. The number of carbonyl (C=O) groups excluding carboxylic acids is 2. The van der Waals surface area contributed by atoms with E-state index in [9.17, 15) is 24.9 Å². The highest BCUT2D eigenvalue weighted by atomic mass is 19.1. The van der Waals surface area contributed by atoms with Crippen LogP contribution in [0.2, 0.25) is 0 Å². The zero-order chi connectivity index (χ0) is 31.2. The summed E-state index contributed by atoms with van der Waals surface area (Å²) in [5, 5.41) is 31.1. The number of furan rings is 1. The largest absolute Gasteiger partial charge is 0.464 e. The molecule has 3 N–H and O–H groups in total. The summed E-state index contributed by atoms with van der Waals surface area (Å²) in [6, 6.07) is 9.27. The van der Waals surface area contributed by atoms with E-state index < -0.39 is 76.8 Å². The Morgan fingerprint density at radius 2 is 1.80 bits per heavy atom. The van der Waals surface area contributed by atoms with Crippen molar-refractivity contribution in [2.45, 2.75) is 82.1 Å². The number of fused-ring (bicyclic) bond motifs is 7. The summed E-state index contributed by atoms with van der Waals surface area (Å²) in [7, 11) is 0. The molecule has 1 saturated heterocycles. The number of aliphatic hydroxyl groups is 3. The number of rotatable bonds is 6. The van der Waals surface area contributed by atoms with Gasteiger partial charge in [-0.15, -0.1) is 0 Å². The van der Waals surface area contributed by atoms with E-state index >= 15 is 8.78 Å². The second kappa shape index (κ2) is 9.99. The number of aliphatic hydroxyl groups excluding tert-OH is 3. The summed E-state index contributed by atoms with van der Waals surface area (Å²) in [6.45, 7) is 2.36. The summed E-state index contributed by atoms with van der Waals surface area (Å²) in [5.41, 5.74) is -4.15. The number of ether oxygens (including phenoxy) is 2. The van der Waals surface area contributed by atoms with Gasteiger partial charge in [-0.2, -0.15) is 0 Å². The van der Waals surface area contributed by atoms with Gasteiger partial charge >= 0.3 is 0 Å². The number of alkyl halides is 2. The van der Waals surface area contributed by atoms with E-state index in [0.717, 1.165) is 22.8 Å². The molecule has 0 amide bonds. The van der Waals surface area contributed by atoms with Crippen molar-refractivity contribution < 1.29 is 47.6 Å². The fourth-order valence-corrected chi connectivity index (χ4v) is 9.30. The van der Waals surface area contributed by atoms with Crippen molar-refractivity contribution in [1.82, 2.24) is 0 Å². The van der Waals surface area contributed by atoms with Crippen molar-refractivity contribution in [3.05, 3.63) is 82.8 Å². The maximum Gasteiger partial charge on any atom is 0.218 e. The van der Waals surface area contributed by atoms with Crippen LogP contribution in [0.3, 0.4) is 0 Å². The Morgan fingerprint density at radius 1 is 1.07 bits per heavy atom. The first-order valence-corrected chi connectivity index (χ1v) is 15.1. The number of benzene rings is 1. The first kappa shape index (κ1) is 29.7. The fraction of sp³-hybridized carbons (Fsp3) is 0.529. The van der Waals surface area contributed by atoms with Crippen LogP contribution in [-0.4, -0.2) is 63.1 Å². The topological polar surface area (TPSA) is 126 Å². The molecule has 0 unspecified atom stereocenters. The van der Waals surface area contributed by atoms with Gasteiger partial charge in [-0.05, 0) is 72.6 Å². The van der Waals surface area contributed by atoms with Crippen molar-refractivity contribution in [1.29, 1.82) is 0 Å². The fourth-order valence-electron chi connectivity index (χ4n) is 9.30. The maximum absolute atomic E-state index is 17.5. The van der Waals surface area contributed by atoms with Gasteiger partial charge in [-0.3, -0.25) is 9.59 Å². The van der Waals surface area contributed by atoms with Crippen LogP contribution in [0, 0.1) is 22.7 Å². The lowest BCUT2D eigenvalue weighted by Crippen LogP contribution is -2.70. The molecule has 8 nitrogen and oxygen atoms in total. The quantitative estimate of drug-likeness (QED) is 0.448. The van der Waals surface area contributed by atoms with Crippen LogP contribution in [0.4, 0.5) is 8.78 Å². The van der Waals surface area contributed by atoms with Gasteiger partial charge in [-0.1, -0.05) is 37.3 Å². The lowest BCUT2D eigenvalue weighted by atomic mass is 9.44. The molecule has 3 saturated carbocycles. The SMILES string of the molecule is C[C@]12C=CC(=O)C=C1[C@@H](F)C[C@H]1[C@@H]3C[C@H]4O[C@@H](c5cc(Cc6ccc(CO)cc6)co5)O[C@@]4(C(=O)CO)[C@@]3(C)C[C@H](O)[C@@]12F. The molecule has 1 aliphatic heterocycles. The van der Waals surface area contributed by atoms with Crippen molar-refractivity contribution >= 4 is 11.6 Å². The number of allylic oxidation sites excluding steroid dienone is 4. The average Bonchev–Trinajstić information content (AvgIpc) is 3.69. The van der Waals surface area contributed by atoms with Gasteiger partial charge in [0, 0.05) is 23.2 Å². The molecule has 7 rings (SSSR count). The van der Waals surface area contributed by atoms with E-state index in [1.54, 1.807) is 19.3 Å². The van der Waals surface area contributed by atoms with Crippen LogP contribution in [-0.2, 0) is 32.1 Å². The van der Waals surface area contributed by atoms with E-state index in [2.05, 4.69) is 0 Å². The van der Waals surface area contributed by atoms with E-state index in [1.165, 1.54) is 19.1 Å². The Labute approximate surface area is 253 Å². The van der Waals surface area contributed by atoms with Crippen LogP contribution in [0.15, 0.2) is 64.8 Å². The highest BCUT2D eigenvalue weighted by Crippen LogP contribution is 2.72. The summed E-state index contributed by atoms with van der Waals surface area (Å²) in [4.78, 5) is 25.8. The molecule has 1 aromatic carbocycles. The van der Waals surface area contributed by atoms with Gasteiger partial charge in [0.05, 0.1) is 25.1 Å². The minimum Gasteiger partial charge on any atom is -0.464 e. The molecule has 10 atom stereocenters. The highest BCUT2D eigenvalue weighted by molar-refractivity contribution is 6.01. The lowest BCUT2D eigenvalue weighted by Gasteiger charge is -2.63. The Kier molecular flexibility index (Phi) is 6.74. The molecule has 10 heteroatoms. The molecule has 4 fully saturated rings. The van der Waals surface area contributed by atoms with Crippen LogP contribution < -0.4 is 0 Å². The molecule has 4 aliphatic carbocycles. The van der Waals surface area contributed by atoms with Crippen LogP contribution in [0.1, 0.15) is 61.9 Å². The number of ketones is 2. The third kappa shape index (κ3) is 3.78. The second-order valence-electron chi connectivity index (χ2n) is 13.5. The monoisotopic (exact) mass is 610 g/mol. The molecule has 44 heavy (non-hydrogen) atoms. The number of hydrogen-bond donors (Lipinski definition) is 3. The summed E-state index contributed by atoms with van der Waals surface area (Å²) in [5.74, 6) is -2.39. The Hall–Kier alpha value is -3.02. The Bertz CT molecular complexity index is 1560. The third-order valence-electron chi connectivity index (χ3n) is 11.4. The van der Waals surface area contributed by atoms with Crippen molar-refractivity contribution in [2.24, 2.45) is 22.7 Å². The molecule has 2 aromatic rings. The van der Waals surface area contributed by atoms with Gasteiger partial charge in [0.25, 0.3) is 0 Å². The summed E-state index contributed by atoms with van der Waals surface area (Å²) >= 11 is 0. The van der Waals surface area contributed by atoms with Gasteiger partial charge in [-0.25, -0.2) is 8.78 Å². The predicted molar refractivity (Wildman–Crippen MR) is 151 cm³/mol. The van der Waals surface area contributed by atoms with E-state index in [1.807, 2.05) is 24.3 Å². The number of halogens is 2. The van der Waals surface area contributed by atoms with E-state index in [-0.39, 0.29) is 31.4 Å². The molecule has 234 valence electrons. The van der Waals surface area contributed by atoms with E-state index in [4.69, 9.17) is 13.9 Å². The average molecular weight is 611 g/mol. The molecule has 5 aliphatic rings. The number of Topliss-reactive ketones (excluding diaryl/α,β-unsaturated/α-hetero) is 1. The predicted octanol–water partition coefficient (Wildman–Crippen LogP) is 4.01. The molecular weight excluding hydrogens is 574 g/mol. The summed E-state index contributed by atoms with van der Waals surface area (Å²) < 4.78 is 51.9. The van der Waals surface area contributed by atoms with Gasteiger partial charge < -0.3 is 29.2 Å². The first-order valence-electron chi connectivity index (χ1n) is 15.1. The standard InChI is InChI=1S/C34H36F2O8/c1-31-8-7-21(39)11-24(31)25(35)12-23-22-13-29-34(28(41)16-38,32(22,2)14-27(40)33(23,31)36)44-30(43-29)26-10-20(17-42-26)9-18-3-5-19(15-37)6-4-18/h3-8,10-11,17,22-23,25,27,29-30,37-38,40H,9,12-16H2,1-2H3/t22-,23-,25-,27-,29+,30+,31-,32-,33-,34+/m0/s1. The third-order valence-corrected chi connectivity index (χ3v) is 11.4. The van der Waals surface area contributed by atoms with Crippen LogP contribution >= 0.6 is 0 Å².